The number of carbonyl (C=O) groups excluding carboxylic acids is 1. The van der Waals surface area contributed by atoms with Gasteiger partial charge in [0.1, 0.15) is 18.0 Å². The molecule has 1 aromatic carbocycles. The normalized spacial score (nSPS) is 15.1. The van der Waals surface area contributed by atoms with Gasteiger partial charge < -0.3 is 14.4 Å². The zero-order valence-corrected chi connectivity index (χ0v) is 12.9. The molecule has 1 heterocycles. The minimum Gasteiger partial charge on any atom is -0.491 e. The van der Waals surface area contributed by atoms with Gasteiger partial charge in [0.15, 0.2) is 0 Å². The molecule has 0 N–H and O–H groups in total. The molecule has 20 heavy (non-hydrogen) atoms. The molecule has 0 aromatic heterocycles. The van der Waals surface area contributed by atoms with Crippen LogP contribution in [0, 0.1) is 0 Å². The van der Waals surface area contributed by atoms with Crippen molar-refractivity contribution >= 4 is 17.7 Å². The highest BCUT2D eigenvalue weighted by molar-refractivity contribution is 6.17. The molecule has 0 atom stereocenters. The number of fused-ring (bicyclic) bond motifs is 1. The van der Waals surface area contributed by atoms with Gasteiger partial charge >= 0.3 is 6.09 Å². The van der Waals surface area contributed by atoms with E-state index in [9.17, 15) is 4.79 Å². The summed E-state index contributed by atoms with van der Waals surface area (Å²) in [5.74, 6) is 1.20. The molecular weight excluding hydrogens is 278 g/mol. The third-order valence-corrected chi connectivity index (χ3v) is 3.28. The fraction of sp³-hybridized carbons (Fsp3) is 0.533. The quantitative estimate of drug-likeness (QED) is 0.744. The van der Waals surface area contributed by atoms with Crippen molar-refractivity contribution in [3.05, 3.63) is 29.3 Å². The van der Waals surface area contributed by atoms with E-state index in [-0.39, 0.29) is 6.09 Å². The summed E-state index contributed by atoms with van der Waals surface area (Å²) in [7, 11) is 0. The first-order chi connectivity index (χ1) is 9.40. The number of nitrogens with zero attached hydrogens (tertiary/aromatic N) is 1. The van der Waals surface area contributed by atoms with Crippen molar-refractivity contribution in [1.82, 2.24) is 4.90 Å². The van der Waals surface area contributed by atoms with Gasteiger partial charge in [0, 0.05) is 11.4 Å². The Hall–Kier alpha value is -1.42. The average Bonchev–Trinajstić information content (AvgIpc) is 2.58. The zero-order chi connectivity index (χ0) is 14.8. The highest BCUT2D eigenvalue weighted by atomic mass is 35.5. The van der Waals surface area contributed by atoms with Crippen LogP contribution >= 0.6 is 11.6 Å². The molecule has 0 unspecified atom stereocenters. The van der Waals surface area contributed by atoms with E-state index < -0.39 is 5.60 Å². The van der Waals surface area contributed by atoms with Crippen molar-refractivity contribution < 1.29 is 14.3 Å². The van der Waals surface area contributed by atoms with Gasteiger partial charge in [-0.15, -0.1) is 11.6 Å². The van der Waals surface area contributed by atoms with Gasteiger partial charge in [-0.05, 0) is 32.4 Å². The summed E-state index contributed by atoms with van der Waals surface area (Å²) in [5, 5.41) is 0. The number of hydrogen-bond donors (Lipinski definition) is 0. The second kappa shape index (κ2) is 5.92. The molecule has 0 saturated carbocycles. The molecule has 1 amide bonds. The third-order valence-electron chi connectivity index (χ3n) is 2.99. The minimum absolute atomic E-state index is 0.321. The number of carbonyl (C=O) groups is 1. The fourth-order valence-corrected chi connectivity index (χ4v) is 2.32. The summed E-state index contributed by atoms with van der Waals surface area (Å²) in [4.78, 5) is 13.9. The van der Waals surface area contributed by atoms with Crippen LogP contribution in [0.15, 0.2) is 18.2 Å². The molecule has 1 aliphatic rings. The van der Waals surface area contributed by atoms with E-state index in [1.165, 1.54) is 0 Å². The number of rotatable bonds is 1. The summed E-state index contributed by atoms with van der Waals surface area (Å²) in [5.41, 5.74) is 1.45. The lowest BCUT2D eigenvalue weighted by atomic mass is 10.1. The Bertz CT molecular complexity index is 496. The van der Waals surface area contributed by atoms with Crippen LogP contribution < -0.4 is 4.74 Å². The summed E-state index contributed by atoms with van der Waals surface area (Å²) in [6.07, 6.45) is -0.321. The van der Waals surface area contributed by atoms with Crippen molar-refractivity contribution in [3.63, 3.8) is 0 Å². The van der Waals surface area contributed by atoms with E-state index in [2.05, 4.69) is 0 Å². The molecule has 0 saturated heterocycles. The Balaban J connectivity index is 2.21. The summed E-state index contributed by atoms with van der Waals surface area (Å²) >= 11 is 5.96. The molecule has 0 bridgehead atoms. The van der Waals surface area contributed by atoms with Crippen molar-refractivity contribution in [1.29, 1.82) is 0 Å². The number of ether oxygens (including phenoxy) is 2. The SMILES string of the molecule is CC(C)(C)OC(=O)N1CCOc2cccc(CCl)c2C1. The maximum absolute atomic E-state index is 12.2. The average molecular weight is 298 g/mol. The highest BCUT2D eigenvalue weighted by Crippen LogP contribution is 2.28. The van der Waals surface area contributed by atoms with E-state index in [4.69, 9.17) is 21.1 Å². The highest BCUT2D eigenvalue weighted by Gasteiger charge is 2.26. The molecule has 4 nitrogen and oxygen atoms in total. The van der Waals surface area contributed by atoms with Gasteiger partial charge in [-0.3, -0.25) is 0 Å². The van der Waals surface area contributed by atoms with Crippen LogP contribution in [0.5, 0.6) is 5.75 Å². The van der Waals surface area contributed by atoms with Gasteiger partial charge in [-0.25, -0.2) is 4.79 Å². The van der Waals surface area contributed by atoms with Crippen molar-refractivity contribution in [2.45, 2.75) is 38.8 Å². The van der Waals surface area contributed by atoms with Crippen LogP contribution in [-0.2, 0) is 17.2 Å². The topological polar surface area (TPSA) is 38.8 Å². The first-order valence-corrected chi connectivity index (χ1v) is 7.21. The molecule has 110 valence electrons. The Morgan fingerprint density at radius 2 is 2.20 bits per heavy atom. The largest absolute Gasteiger partial charge is 0.491 e. The van der Waals surface area contributed by atoms with Crippen LogP contribution in [-0.4, -0.2) is 29.7 Å². The molecule has 5 heteroatoms. The minimum atomic E-state index is -0.501. The number of hydrogen-bond acceptors (Lipinski definition) is 3. The van der Waals surface area contributed by atoms with Gasteiger partial charge in [0.05, 0.1) is 13.1 Å². The first-order valence-electron chi connectivity index (χ1n) is 6.68. The number of halogens is 1. The molecule has 2 rings (SSSR count). The van der Waals surface area contributed by atoms with Gasteiger partial charge in [0.25, 0.3) is 0 Å². The molecule has 0 fully saturated rings. The van der Waals surface area contributed by atoms with Gasteiger partial charge in [-0.2, -0.15) is 0 Å². The molecule has 1 aliphatic heterocycles. The summed E-state index contributed by atoms with van der Waals surface area (Å²) in [6.45, 7) is 7.00. The van der Waals surface area contributed by atoms with Gasteiger partial charge in [0.2, 0.25) is 0 Å². The lowest BCUT2D eigenvalue weighted by Gasteiger charge is -2.26. The predicted molar refractivity (Wildman–Crippen MR) is 78.1 cm³/mol. The van der Waals surface area contributed by atoms with Crippen LogP contribution in [0.2, 0.25) is 0 Å². The second-order valence-electron chi connectivity index (χ2n) is 5.78. The zero-order valence-electron chi connectivity index (χ0n) is 12.1. The summed E-state index contributed by atoms with van der Waals surface area (Å²) in [6, 6.07) is 5.78. The Labute approximate surface area is 124 Å². The number of benzene rings is 1. The van der Waals surface area contributed by atoms with Crippen molar-refractivity contribution in [3.8, 4) is 5.75 Å². The lowest BCUT2D eigenvalue weighted by Crippen LogP contribution is -2.37. The Morgan fingerprint density at radius 3 is 2.85 bits per heavy atom. The molecule has 0 spiro atoms. The maximum atomic E-state index is 12.2. The maximum Gasteiger partial charge on any atom is 0.410 e. The van der Waals surface area contributed by atoms with Gasteiger partial charge in [-0.1, -0.05) is 12.1 Å². The Morgan fingerprint density at radius 1 is 1.45 bits per heavy atom. The molecule has 0 aliphatic carbocycles. The number of amides is 1. The summed E-state index contributed by atoms with van der Waals surface area (Å²) < 4.78 is 11.1. The van der Waals surface area contributed by atoms with E-state index in [0.717, 1.165) is 16.9 Å². The molecule has 1 aromatic rings. The standard InChI is InChI=1S/C15H20ClNO3/c1-15(2,3)20-14(18)17-7-8-19-13-6-4-5-11(9-16)12(13)10-17/h4-6H,7-10H2,1-3H3. The lowest BCUT2D eigenvalue weighted by molar-refractivity contribution is 0.0225. The third kappa shape index (κ3) is 3.57. The van der Waals surface area contributed by atoms with E-state index >= 15 is 0 Å². The Kier molecular flexibility index (Phi) is 4.43. The molecule has 0 radical (unpaired) electrons. The van der Waals surface area contributed by atoms with Crippen LogP contribution in [0.25, 0.3) is 0 Å². The first kappa shape index (κ1) is 15.0. The van der Waals surface area contributed by atoms with Crippen molar-refractivity contribution in [2.75, 3.05) is 13.2 Å². The van der Waals surface area contributed by atoms with E-state index in [1.54, 1.807) is 4.90 Å². The van der Waals surface area contributed by atoms with E-state index in [0.29, 0.717) is 25.6 Å². The fourth-order valence-electron chi connectivity index (χ4n) is 2.07. The smallest absolute Gasteiger partial charge is 0.410 e. The van der Waals surface area contributed by atoms with Crippen LogP contribution in [0.4, 0.5) is 4.79 Å². The predicted octanol–water partition coefficient (Wildman–Crippen LogP) is 3.55. The van der Waals surface area contributed by atoms with Crippen LogP contribution in [0.3, 0.4) is 0 Å². The van der Waals surface area contributed by atoms with Crippen molar-refractivity contribution in [2.24, 2.45) is 0 Å². The second-order valence-corrected chi connectivity index (χ2v) is 6.05. The number of alkyl halides is 1. The molecular formula is C15H20ClNO3. The van der Waals surface area contributed by atoms with Crippen LogP contribution in [0.1, 0.15) is 31.9 Å². The van der Waals surface area contributed by atoms with E-state index in [1.807, 2.05) is 39.0 Å². The monoisotopic (exact) mass is 297 g/mol.